The molecule has 6 heteroatoms. The highest BCUT2D eigenvalue weighted by atomic mass is 19.4. The van der Waals surface area contributed by atoms with Crippen molar-refractivity contribution in [2.24, 2.45) is 0 Å². The molecule has 0 N–H and O–H groups in total. The van der Waals surface area contributed by atoms with E-state index in [2.05, 4.69) is 41.3 Å². The Bertz CT molecular complexity index is 1010. The second-order valence-corrected chi connectivity index (χ2v) is 9.91. The molecule has 3 aromatic carbocycles. The van der Waals surface area contributed by atoms with Gasteiger partial charge in [-0.2, -0.15) is 13.2 Å². The summed E-state index contributed by atoms with van der Waals surface area (Å²) >= 11 is 0. The molecule has 0 bridgehead atoms. The number of fused-ring (bicyclic) bond motifs is 1. The fourth-order valence-corrected chi connectivity index (χ4v) is 6.11. The highest BCUT2D eigenvalue weighted by molar-refractivity contribution is 5.47. The second kappa shape index (κ2) is 10.4. The maximum Gasteiger partial charge on any atom is 0.411 e. The molecule has 2 aliphatic rings. The van der Waals surface area contributed by atoms with Crippen LogP contribution in [0.3, 0.4) is 0 Å². The Kier molecular flexibility index (Phi) is 7.20. The Labute approximate surface area is 210 Å². The molecule has 5 rings (SSSR count). The number of alkyl halides is 3. The minimum atomic E-state index is -4.30. The Balaban J connectivity index is 1.46. The van der Waals surface area contributed by atoms with Crippen molar-refractivity contribution >= 4 is 0 Å². The Hall–Kier alpha value is -2.67. The van der Waals surface area contributed by atoms with Crippen LogP contribution in [0.5, 0.6) is 0 Å². The summed E-state index contributed by atoms with van der Waals surface area (Å²) in [4.78, 5) is 2.36. The third kappa shape index (κ3) is 4.95. The van der Waals surface area contributed by atoms with Gasteiger partial charge in [-0.15, -0.1) is 0 Å². The van der Waals surface area contributed by atoms with E-state index in [0.29, 0.717) is 6.61 Å². The molecule has 2 atom stereocenters. The van der Waals surface area contributed by atoms with Crippen LogP contribution in [0.25, 0.3) is 0 Å². The van der Waals surface area contributed by atoms with Crippen LogP contribution in [0.4, 0.5) is 13.2 Å². The van der Waals surface area contributed by atoms with E-state index < -0.39 is 18.4 Å². The van der Waals surface area contributed by atoms with Crippen molar-refractivity contribution in [3.63, 3.8) is 0 Å². The van der Waals surface area contributed by atoms with E-state index in [1.54, 1.807) is 0 Å². The number of hydrogen-bond donors (Lipinski definition) is 0. The van der Waals surface area contributed by atoms with E-state index >= 15 is 0 Å². The van der Waals surface area contributed by atoms with E-state index in [-0.39, 0.29) is 18.2 Å². The number of benzene rings is 3. The number of halogens is 3. The van der Waals surface area contributed by atoms with Crippen molar-refractivity contribution < 1.29 is 22.6 Å². The molecular formula is C30H32F3NO2. The largest absolute Gasteiger partial charge is 0.411 e. The first-order valence-corrected chi connectivity index (χ1v) is 12.6. The molecule has 0 aliphatic carbocycles. The first-order valence-electron chi connectivity index (χ1n) is 12.6. The third-order valence-electron chi connectivity index (χ3n) is 7.71. The third-order valence-corrected chi connectivity index (χ3v) is 7.71. The average molecular weight is 496 g/mol. The fraction of sp³-hybridized carbons (Fsp3) is 0.400. The molecule has 3 nitrogen and oxygen atoms in total. The van der Waals surface area contributed by atoms with Gasteiger partial charge >= 0.3 is 6.18 Å². The van der Waals surface area contributed by atoms with Crippen LogP contribution in [0, 0.1) is 0 Å². The Morgan fingerprint density at radius 1 is 0.778 bits per heavy atom. The van der Waals surface area contributed by atoms with Gasteiger partial charge in [0.2, 0.25) is 0 Å². The van der Waals surface area contributed by atoms with Gasteiger partial charge in [-0.3, -0.25) is 4.90 Å². The smallest absolute Gasteiger partial charge is 0.370 e. The van der Waals surface area contributed by atoms with Crippen molar-refractivity contribution in [3.8, 4) is 0 Å². The molecule has 2 aliphatic heterocycles. The van der Waals surface area contributed by atoms with Crippen LogP contribution in [0.1, 0.15) is 42.4 Å². The summed E-state index contributed by atoms with van der Waals surface area (Å²) in [5, 5.41) is 0. The van der Waals surface area contributed by atoms with Crippen molar-refractivity contribution in [2.75, 3.05) is 26.4 Å². The van der Waals surface area contributed by atoms with Gasteiger partial charge in [-0.1, -0.05) is 91.0 Å². The van der Waals surface area contributed by atoms with Gasteiger partial charge in [-0.05, 0) is 48.9 Å². The number of rotatable bonds is 9. The van der Waals surface area contributed by atoms with E-state index in [1.807, 2.05) is 54.6 Å². The number of ether oxygens (including phenoxy) is 2. The predicted molar refractivity (Wildman–Crippen MR) is 134 cm³/mol. The zero-order chi connectivity index (χ0) is 25.1. The molecule has 3 aromatic rings. The lowest BCUT2D eigenvalue weighted by Gasteiger charge is -2.41. The van der Waals surface area contributed by atoms with Gasteiger partial charge in [-0.25, -0.2) is 0 Å². The molecule has 2 fully saturated rings. The molecule has 2 saturated heterocycles. The van der Waals surface area contributed by atoms with E-state index in [1.165, 1.54) is 0 Å². The van der Waals surface area contributed by atoms with Gasteiger partial charge in [0.25, 0.3) is 0 Å². The summed E-state index contributed by atoms with van der Waals surface area (Å²) in [7, 11) is 0. The van der Waals surface area contributed by atoms with Crippen molar-refractivity contribution in [1.29, 1.82) is 0 Å². The molecule has 0 unspecified atom stereocenters. The molecule has 0 spiro atoms. The minimum absolute atomic E-state index is 0.0157. The quantitative estimate of drug-likeness (QED) is 0.314. The molecule has 0 saturated carbocycles. The number of hydrogen-bond acceptors (Lipinski definition) is 3. The summed E-state index contributed by atoms with van der Waals surface area (Å²) in [6.07, 6.45) is -0.618. The van der Waals surface area contributed by atoms with Crippen LogP contribution < -0.4 is 0 Å². The zero-order valence-electron chi connectivity index (χ0n) is 20.3. The monoisotopic (exact) mass is 495 g/mol. The topological polar surface area (TPSA) is 21.7 Å². The Morgan fingerprint density at radius 2 is 1.31 bits per heavy atom. The summed E-state index contributed by atoms with van der Waals surface area (Å²) in [6, 6.07) is 30.8. The Morgan fingerprint density at radius 3 is 1.81 bits per heavy atom. The normalized spacial score (nSPS) is 22.6. The minimum Gasteiger partial charge on any atom is -0.370 e. The summed E-state index contributed by atoms with van der Waals surface area (Å²) < 4.78 is 50.2. The lowest BCUT2D eigenvalue weighted by Crippen LogP contribution is -2.49. The van der Waals surface area contributed by atoms with Crippen LogP contribution in [-0.2, 0) is 15.1 Å². The predicted octanol–water partition coefficient (Wildman–Crippen LogP) is 6.57. The van der Waals surface area contributed by atoms with Crippen molar-refractivity contribution in [2.45, 2.75) is 49.0 Å². The molecule has 190 valence electrons. The summed E-state index contributed by atoms with van der Waals surface area (Å²) in [5.74, 6) is 0. The highest BCUT2D eigenvalue weighted by Gasteiger charge is 2.51. The van der Waals surface area contributed by atoms with Gasteiger partial charge in [0.15, 0.2) is 0 Å². The van der Waals surface area contributed by atoms with Crippen LogP contribution >= 0.6 is 0 Å². The number of nitrogens with zero attached hydrogens (tertiary/aromatic N) is 1. The van der Waals surface area contributed by atoms with Gasteiger partial charge in [0.05, 0.1) is 13.2 Å². The molecular weight excluding hydrogens is 463 g/mol. The lowest BCUT2D eigenvalue weighted by atomic mass is 9.79. The molecule has 0 amide bonds. The maximum atomic E-state index is 12.7. The van der Waals surface area contributed by atoms with Crippen LogP contribution in [0.15, 0.2) is 91.0 Å². The second-order valence-electron chi connectivity index (χ2n) is 9.91. The van der Waals surface area contributed by atoms with Gasteiger partial charge in [0.1, 0.15) is 12.2 Å². The molecule has 2 heterocycles. The maximum absolute atomic E-state index is 12.7. The first kappa shape index (κ1) is 25.0. The molecule has 0 radical (unpaired) electrons. The first-order chi connectivity index (χ1) is 17.4. The average Bonchev–Trinajstić information content (AvgIpc) is 3.46. The van der Waals surface area contributed by atoms with Gasteiger partial charge < -0.3 is 9.47 Å². The van der Waals surface area contributed by atoms with E-state index in [9.17, 15) is 13.2 Å². The van der Waals surface area contributed by atoms with Crippen molar-refractivity contribution in [3.05, 3.63) is 108 Å². The van der Waals surface area contributed by atoms with Crippen molar-refractivity contribution in [1.82, 2.24) is 4.90 Å². The molecule has 0 aromatic heterocycles. The lowest BCUT2D eigenvalue weighted by molar-refractivity contribution is -0.177. The van der Waals surface area contributed by atoms with Crippen LogP contribution in [0.2, 0.25) is 0 Å². The standard InChI is InChI=1S/C30H32F3NO2/c31-29(32,33)23-35-21-27-17-19-28(18-10-20-34(27)28)22-36-30(24-11-4-1-5-12-24,25-13-6-2-7-14-25)26-15-8-3-9-16-26/h1-9,11-16,27H,10,17-23H2/t27-,28-/m0/s1. The van der Waals surface area contributed by atoms with E-state index in [0.717, 1.165) is 48.9 Å². The van der Waals surface area contributed by atoms with Crippen LogP contribution in [-0.4, -0.2) is 49.0 Å². The summed E-state index contributed by atoms with van der Waals surface area (Å²) in [5.41, 5.74) is 2.14. The zero-order valence-corrected chi connectivity index (χ0v) is 20.3. The molecule has 36 heavy (non-hydrogen) atoms. The fourth-order valence-electron chi connectivity index (χ4n) is 6.11. The van der Waals surface area contributed by atoms with E-state index in [4.69, 9.17) is 9.47 Å². The SMILES string of the molecule is FC(F)(F)COC[C@@H]1CC[C@]2(COC(c3ccccc3)(c3ccccc3)c3ccccc3)CCCN12. The highest BCUT2D eigenvalue weighted by Crippen LogP contribution is 2.47. The van der Waals surface area contributed by atoms with Gasteiger partial charge in [0, 0.05) is 11.6 Å². The summed E-state index contributed by atoms with van der Waals surface area (Å²) in [6.45, 7) is 0.252.